The molecule has 26 heavy (non-hydrogen) atoms. The topological polar surface area (TPSA) is 96.7 Å². The average Bonchev–Trinajstić information content (AvgIpc) is 3.18. The number of nitrogens with one attached hydrogen (secondary N) is 1. The molecule has 2 atom stereocenters. The SMILES string of the molecule is COCC(=O)N1CC[C@@H](NC(=O)c2ccccc2-n2cccn2)[C@H](O)C1. The first kappa shape index (κ1) is 18.1. The first-order chi connectivity index (χ1) is 12.6. The normalized spacial score (nSPS) is 20.0. The van der Waals surface area contributed by atoms with E-state index in [2.05, 4.69) is 10.4 Å². The van der Waals surface area contributed by atoms with Gasteiger partial charge in [-0.05, 0) is 24.6 Å². The van der Waals surface area contributed by atoms with Crippen LogP contribution >= 0.6 is 0 Å². The molecule has 2 heterocycles. The standard InChI is InChI=1S/C18H22N4O4/c1-26-12-17(24)21-10-7-14(16(23)11-21)20-18(25)13-5-2-3-6-15(13)22-9-4-8-19-22/h2-6,8-9,14,16,23H,7,10-12H2,1H3,(H,20,25)/t14-,16-/m1/s1. The zero-order valence-corrected chi connectivity index (χ0v) is 14.5. The van der Waals surface area contributed by atoms with Crippen LogP contribution in [0.25, 0.3) is 5.69 Å². The van der Waals surface area contributed by atoms with Crippen molar-refractivity contribution in [2.75, 3.05) is 26.8 Å². The molecule has 0 bridgehead atoms. The number of hydrogen-bond acceptors (Lipinski definition) is 5. The van der Waals surface area contributed by atoms with E-state index in [1.807, 2.05) is 12.1 Å². The number of aromatic nitrogens is 2. The van der Waals surface area contributed by atoms with Crippen molar-refractivity contribution < 1.29 is 19.4 Å². The number of nitrogens with zero attached hydrogens (tertiary/aromatic N) is 3. The van der Waals surface area contributed by atoms with E-state index >= 15 is 0 Å². The Morgan fingerprint density at radius 3 is 2.85 bits per heavy atom. The highest BCUT2D eigenvalue weighted by molar-refractivity contribution is 5.98. The lowest BCUT2D eigenvalue weighted by molar-refractivity contribution is -0.138. The number of benzene rings is 1. The number of aliphatic hydroxyl groups is 1. The maximum absolute atomic E-state index is 12.7. The van der Waals surface area contributed by atoms with E-state index in [1.54, 1.807) is 40.2 Å². The van der Waals surface area contributed by atoms with Crippen molar-refractivity contribution in [3.05, 3.63) is 48.3 Å². The summed E-state index contributed by atoms with van der Waals surface area (Å²) in [5.74, 6) is -0.447. The van der Waals surface area contributed by atoms with Crippen LogP contribution in [0.15, 0.2) is 42.7 Å². The van der Waals surface area contributed by atoms with E-state index in [1.165, 1.54) is 7.11 Å². The van der Waals surface area contributed by atoms with Crippen LogP contribution in [0.3, 0.4) is 0 Å². The van der Waals surface area contributed by atoms with E-state index < -0.39 is 12.1 Å². The van der Waals surface area contributed by atoms with Gasteiger partial charge in [0.25, 0.3) is 5.91 Å². The number of hydrogen-bond donors (Lipinski definition) is 2. The van der Waals surface area contributed by atoms with Crippen molar-refractivity contribution in [1.82, 2.24) is 20.0 Å². The van der Waals surface area contributed by atoms with Gasteiger partial charge < -0.3 is 20.1 Å². The molecule has 138 valence electrons. The van der Waals surface area contributed by atoms with Gasteiger partial charge in [-0.15, -0.1) is 0 Å². The molecule has 1 saturated heterocycles. The number of carbonyl (C=O) groups is 2. The van der Waals surface area contributed by atoms with E-state index in [9.17, 15) is 14.7 Å². The lowest BCUT2D eigenvalue weighted by atomic mass is 10.0. The summed E-state index contributed by atoms with van der Waals surface area (Å²) in [6.07, 6.45) is 3.06. The molecule has 0 saturated carbocycles. The molecule has 8 heteroatoms. The Kier molecular flexibility index (Phi) is 5.65. The highest BCUT2D eigenvalue weighted by Gasteiger charge is 2.31. The van der Waals surface area contributed by atoms with Crippen LogP contribution in [0.1, 0.15) is 16.8 Å². The number of piperidine rings is 1. The second kappa shape index (κ2) is 8.11. The van der Waals surface area contributed by atoms with Crippen LogP contribution in [0, 0.1) is 0 Å². The molecule has 8 nitrogen and oxygen atoms in total. The summed E-state index contributed by atoms with van der Waals surface area (Å²) in [6.45, 7) is 0.625. The maximum atomic E-state index is 12.7. The Morgan fingerprint density at radius 2 is 2.15 bits per heavy atom. The molecule has 1 aromatic heterocycles. The van der Waals surface area contributed by atoms with Gasteiger partial charge in [0.05, 0.1) is 23.4 Å². The molecule has 1 aliphatic rings. The van der Waals surface area contributed by atoms with Crippen molar-refractivity contribution in [2.24, 2.45) is 0 Å². The predicted molar refractivity (Wildman–Crippen MR) is 93.9 cm³/mol. The molecular weight excluding hydrogens is 336 g/mol. The first-order valence-corrected chi connectivity index (χ1v) is 8.45. The van der Waals surface area contributed by atoms with Gasteiger partial charge >= 0.3 is 0 Å². The minimum Gasteiger partial charge on any atom is -0.389 e. The highest BCUT2D eigenvalue weighted by atomic mass is 16.5. The molecule has 0 unspecified atom stereocenters. The van der Waals surface area contributed by atoms with Gasteiger partial charge in [0.2, 0.25) is 5.91 Å². The molecular formula is C18H22N4O4. The van der Waals surface area contributed by atoms with Crippen molar-refractivity contribution in [1.29, 1.82) is 0 Å². The van der Waals surface area contributed by atoms with Crippen molar-refractivity contribution in [2.45, 2.75) is 18.6 Å². The van der Waals surface area contributed by atoms with Gasteiger partial charge in [-0.25, -0.2) is 4.68 Å². The van der Waals surface area contributed by atoms with E-state index in [4.69, 9.17) is 4.74 Å². The summed E-state index contributed by atoms with van der Waals surface area (Å²) in [4.78, 5) is 26.1. The second-order valence-electron chi connectivity index (χ2n) is 6.18. The molecule has 2 aromatic rings. The quantitative estimate of drug-likeness (QED) is 0.797. The molecule has 0 spiro atoms. The van der Waals surface area contributed by atoms with Gasteiger partial charge in [0.1, 0.15) is 6.61 Å². The van der Waals surface area contributed by atoms with Gasteiger partial charge in [0.15, 0.2) is 0 Å². The van der Waals surface area contributed by atoms with Crippen LogP contribution < -0.4 is 5.32 Å². The monoisotopic (exact) mass is 358 g/mol. The Hall–Kier alpha value is -2.71. The van der Waals surface area contributed by atoms with Gasteiger partial charge in [-0.3, -0.25) is 9.59 Å². The van der Waals surface area contributed by atoms with Gasteiger partial charge in [-0.1, -0.05) is 12.1 Å². The Labute approximate surface area is 151 Å². The third-order valence-electron chi connectivity index (χ3n) is 4.42. The fraction of sp³-hybridized carbons (Fsp3) is 0.389. The van der Waals surface area contributed by atoms with Gasteiger partial charge in [-0.2, -0.15) is 5.10 Å². The molecule has 1 aliphatic heterocycles. The number of rotatable bonds is 5. The maximum Gasteiger partial charge on any atom is 0.253 e. The number of methoxy groups -OCH3 is 1. The number of likely N-dealkylation sites (tertiary alicyclic amines) is 1. The van der Waals surface area contributed by atoms with E-state index in [0.717, 1.165) is 0 Å². The van der Waals surface area contributed by atoms with Crippen LogP contribution in [0.2, 0.25) is 0 Å². The smallest absolute Gasteiger partial charge is 0.253 e. The Bertz CT molecular complexity index is 762. The molecule has 0 aliphatic carbocycles. The minimum atomic E-state index is -0.828. The average molecular weight is 358 g/mol. The summed E-state index contributed by atoms with van der Waals surface area (Å²) < 4.78 is 6.46. The van der Waals surface area contributed by atoms with Gasteiger partial charge in [0, 0.05) is 32.6 Å². The third-order valence-corrected chi connectivity index (χ3v) is 4.42. The molecule has 0 radical (unpaired) electrons. The fourth-order valence-corrected chi connectivity index (χ4v) is 3.06. The summed E-state index contributed by atoms with van der Waals surface area (Å²) in [6, 6.07) is 8.51. The number of para-hydroxylation sites is 1. The van der Waals surface area contributed by atoms with Crippen LogP contribution in [-0.4, -0.2) is 70.6 Å². The summed E-state index contributed by atoms with van der Waals surface area (Å²) in [7, 11) is 1.46. The molecule has 2 N–H and O–H groups in total. The fourth-order valence-electron chi connectivity index (χ4n) is 3.06. The van der Waals surface area contributed by atoms with Crippen LogP contribution in [0.5, 0.6) is 0 Å². The molecule has 1 fully saturated rings. The van der Waals surface area contributed by atoms with Crippen molar-refractivity contribution >= 4 is 11.8 Å². The minimum absolute atomic E-state index is 0.0129. The number of amides is 2. The molecule has 2 amide bonds. The zero-order valence-electron chi connectivity index (χ0n) is 14.5. The van der Waals surface area contributed by atoms with Crippen molar-refractivity contribution in [3.63, 3.8) is 0 Å². The van der Waals surface area contributed by atoms with E-state index in [0.29, 0.717) is 24.2 Å². The number of aliphatic hydroxyl groups excluding tert-OH is 1. The number of carbonyl (C=O) groups excluding carboxylic acids is 2. The largest absolute Gasteiger partial charge is 0.389 e. The number of β-amino-alcohol motifs (C(OH)–C–C–N with tert-alkyl or cyclic N) is 1. The zero-order chi connectivity index (χ0) is 18.5. The Morgan fingerprint density at radius 1 is 1.35 bits per heavy atom. The summed E-state index contributed by atoms with van der Waals surface area (Å²) in [5.41, 5.74) is 1.14. The molecule has 3 rings (SSSR count). The van der Waals surface area contributed by atoms with Crippen molar-refractivity contribution in [3.8, 4) is 5.69 Å². The molecule has 1 aromatic carbocycles. The lowest BCUT2D eigenvalue weighted by Gasteiger charge is -2.36. The first-order valence-electron chi connectivity index (χ1n) is 8.45. The third kappa shape index (κ3) is 3.92. The van der Waals surface area contributed by atoms with E-state index in [-0.39, 0.29) is 25.0 Å². The number of ether oxygens (including phenoxy) is 1. The summed E-state index contributed by atoms with van der Waals surface area (Å²) >= 11 is 0. The Balaban J connectivity index is 1.67. The van der Waals surface area contributed by atoms with Crippen LogP contribution in [0.4, 0.5) is 0 Å². The second-order valence-corrected chi connectivity index (χ2v) is 6.18. The lowest BCUT2D eigenvalue weighted by Crippen LogP contribution is -2.55. The predicted octanol–water partition coefficient (Wildman–Crippen LogP) is 0.210. The highest BCUT2D eigenvalue weighted by Crippen LogP contribution is 2.16. The van der Waals surface area contributed by atoms with Crippen LogP contribution in [-0.2, 0) is 9.53 Å². The summed E-state index contributed by atoms with van der Waals surface area (Å²) in [5, 5.41) is 17.4.